The van der Waals surface area contributed by atoms with Crippen LogP contribution in [0.2, 0.25) is 0 Å². The summed E-state index contributed by atoms with van der Waals surface area (Å²) < 4.78 is 0. The highest BCUT2D eigenvalue weighted by molar-refractivity contribution is 5.74. The zero-order valence-electron chi connectivity index (χ0n) is 8.87. The van der Waals surface area contributed by atoms with E-state index in [1.165, 1.54) is 0 Å². The molecule has 0 saturated heterocycles. The Morgan fingerprint density at radius 1 is 1.12 bits per heavy atom. The Morgan fingerprint density at radius 2 is 1.94 bits per heavy atom. The van der Waals surface area contributed by atoms with Crippen LogP contribution >= 0.6 is 0 Å². The number of carbonyl (C=O) groups excluding carboxylic acids is 1. The zero-order valence-corrected chi connectivity index (χ0v) is 8.87. The molecular weight excluding hydrogens is 202 g/mol. The van der Waals surface area contributed by atoms with Crippen LogP contribution < -0.4 is 4.90 Å². The second-order valence-corrected chi connectivity index (χ2v) is 3.31. The highest BCUT2D eigenvalue weighted by Crippen LogP contribution is 2.18. The number of anilines is 2. The lowest BCUT2D eigenvalue weighted by Crippen LogP contribution is -2.12. The Morgan fingerprint density at radius 3 is 2.50 bits per heavy atom. The van der Waals surface area contributed by atoms with Crippen LogP contribution in [0.15, 0.2) is 42.7 Å². The minimum atomic E-state index is 0.568. The van der Waals surface area contributed by atoms with E-state index in [1.807, 2.05) is 30.1 Å². The standard InChI is InChI=1S/C12H11N3O/c1-15(11-4-2-3-7-13-11)12-6-5-10(9-16)8-14-12/h2-9H,1H3. The first kappa shape index (κ1) is 10.3. The number of hydrogen-bond acceptors (Lipinski definition) is 4. The van der Waals surface area contributed by atoms with Crippen LogP contribution in [0, 0.1) is 0 Å². The molecule has 0 amide bonds. The third-order valence-corrected chi connectivity index (χ3v) is 2.24. The quantitative estimate of drug-likeness (QED) is 0.732. The van der Waals surface area contributed by atoms with Crippen LogP contribution in [0.1, 0.15) is 10.4 Å². The van der Waals surface area contributed by atoms with Crippen LogP contribution in [0.4, 0.5) is 11.6 Å². The lowest BCUT2D eigenvalue weighted by molar-refractivity contribution is 0.112. The molecule has 0 spiro atoms. The van der Waals surface area contributed by atoms with Crippen LogP contribution in [0.3, 0.4) is 0 Å². The molecule has 0 fully saturated rings. The molecule has 0 unspecified atom stereocenters. The maximum absolute atomic E-state index is 10.5. The van der Waals surface area contributed by atoms with E-state index in [4.69, 9.17) is 0 Å². The summed E-state index contributed by atoms with van der Waals surface area (Å²) in [5, 5.41) is 0. The van der Waals surface area contributed by atoms with E-state index in [-0.39, 0.29) is 0 Å². The van der Waals surface area contributed by atoms with Gasteiger partial charge in [0, 0.05) is 25.0 Å². The molecule has 0 atom stereocenters. The summed E-state index contributed by atoms with van der Waals surface area (Å²) >= 11 is 0. The molecule has 4 heteroatoms. The number of pyridine rings is 2. The number of aromatic nitrogens is 2. The highest BCUT2D eigenvalue weighted by Gasteiger charge is 2.05. The first-order valence-corrected chi connectivity index (χ1v) is 4.87. The van der Waals surface area contributed by atoms with Crippen molar-refractivity contribution < 1.29 is 4.79 Å². The molecule has 80 valence electrons. The largest absolute Gasteiger partial charge is 0.314 e. The molecule has 0 N–H and O–H groups in total. The van der Waals surface area contributed by atoms with Gasteiger partial charge in [-0.2, -0.15) is 0 Å². The first-order valence-electron chi connectivity index (χ1n) is 4.87. The van der Waals surface area contributed by atoms with E-state index in [0.717, 1.165) is 17.9 Å². The molecule has 0 radical (unpaired) electrons. The van der Waals surface area contributed by atoms with Crippen molar-refractivity contribution in [2.75, 3.05) is 11.9 Å². The molecule has 2 rings (SSSR count). The van der Waals surface area contributed by atoms with Gasteiger partial charge in [0.2, 0.25) is 0 Å². The fourth-order valence-corrected chi connectivity index (χ4v) is 1.34. The molecule has 0 bridgehead atoms. The van der Waals surface area contributed by atoms with Crippen LogP contribution in [0.25, 0.3) is 0 Å². The lowest BCUT2D eigenvalue weighted by Gasteiger charge is -2.16. The van der Waals surface area contributed by atoms with Crippen LogP contribution in [-0.4, -0.2) is 23.3 Å². The van der Waals surface area contributed by atoms with Gasteiger partial charge >= 0.3 is 0 Å². The van der Waals surface area contributed by atoms with Crippen LogP contribution in [-0.2, 0) is 0 Å². The monoisotopic (exact) mass is 213 g/mol. The number of aldehydes is 1. The van der Waals surface area contributed by atoms with Gasteiger partial charge in [0.25, 0.3) is 0 Å². The summed E-state index contributed by atoms with van der Waals surface area (Å²) in [4.78, 5) is 20.7. The molecule has 0 aromatic carbocycles. The summed E-state index contributed by atoms with van der Waals surface area (Å²) in [6.07, 6.45) is 4.05. The van der Waals surface area contributed by atoms with Crippen molar-refractivity contribution in [1.82, 2.24) is 9.97 Å². The van der Waals surface area contributed by atoms with E-state index in [0.29, 0.717) is 5.56 Å². The predicted octanol–water partition coefficient (Wildman–Crippen LogP) is 2.06. The van der Waals surface area contributed by atoms with Gasteiger partial charge < -0.3 is 4.90 Å². The van der Waals surface area contributed by atoms with Gasteiger partial charge in [-0.25, -0.2) is 9.97 Å². The molecule has 2 aromatic heterocycles. The van der Waals surface area contributed by atoms with Gasteiger partial charge in [-0.15, -0.1) is 0 Å². The number of hydrogen-bond donors (Lipinski definition) is 0. The Labute approximate surface area is 93.6 Å². The van der Waals surface area contributed by atoms with E-state index >= 15 is 0 Å². The lowest BCUT2D eigenvalue weighted by atomic mass is 10.3. The normalized spacial score (nSPS) is 9.81. The van der Waals surface area contributed by atoms with Gasteiger partial charge in [0.05, 0.1) is 0 Å². The maximum Gasteiger partial charge on any atom is 0.151 e. The van der Waals surface area contributed by atoms with Crippen LogP contribution in [0.5, 0.6) is 0 Å². The van der Waals surface area contributed by atoms with Crippen molar-refractivity contribution in [1.29, 1.82) is 0 Å². The van der Waals surface area contributed by atoms with Crippen molar-refractivity contribution in [2.45, 2.75) is 0 Å². The Balaban J connectivity index is 2.27. The molecule has 0 saturated carbocycles. The topological polar surface area (TPSA) is 46.1 Å². The maximum atomic E-state index is 10.5. The van der Waals surface area contributed by atoms with Crippen molar-refractivity contribution in [3.63, 3.8) is 0 Å². The first-order chi connectivity index (χ1) is 7.81. The summed E-state index contributed by atoms with van der Waals surface area (Å²) in [5.74, 6) is 1.57. The predicted molar refractivity (Wildman–Crippen MR) is 61.9 cm³/mol. The Bertz CT molecular complexity index is 467. The Kier molecular flexibility index (Phi) is 2.91. The second-order valence-electron chi connectivity index (χ2n) is 3.31. The summed E-state index contributed by atoms with van der Waals surface area (Å²) in [7, 11) is 1.88. The molecule has 0 aliphatic carbocycles. The molecule has 16 heavy (non-hydrogen) atoms. The minimum Gasteiger partial charge on any atom is -0.314 e. The van der Waals surface area contributed by atoms with Crippen molar-refractivity contribution in [3.05, 3.63) is 48.3 Å². The third-order valence-electron chi connectivity index (χ3n) is 2.24. The zero-order chi connectivity index (χ0) is 11.4. The molecule has 2 aromatic rings. The van der Waals surface area contributed by atoms with E-state index in [1.54, 1.807) is 24.5 Å². The van der Waals surface area contributed by atoms with E-state index < -0.39 is 0 Å². The molecule has 4 nitrogen and oxygen atoms in total. The van der Waals surface area contributed by atoms with Gasteiger partial charge in [0.15, 0.2) is 6.29 Å². The van der Waals surface area contributed by atoms with E-state index in [9.17, 15) is 4.79 Å². The average molecular weight is 213 g/mol. The number of nitrogens with zero attached hydrogens (tertiary/aromatic N) is 3. The SMILES string of the molecule is CN(c1ccccn1)c1ccc(C=O)cn1. The van der Waals surface area contributed by atoms with Gasteiger partial charge in [-0.3, -0.25) is 4.79 Å². The summed E-state index contributed by atoms with van der Waals surface area (Å²) in [6, 6.07) is 9.20. The molecule has 0 aliphatic heterocycles. The second kappa shape index (κ2) is 4.53. The Hall–Kier alpha value is -2.23. The van der Waals surface area contributed by atoms with Gasteiger partial charge in [-0.1, -0.05) is 6.07 Å². The van der Waals surface area contributed by atoms with Crippen molar-refractivity contribution in [3.8, 4) is 0 Å². The fourth-order valence-electron chi connectivity index (χ4n) is 1.34. The third kappa shape index (κ3) is 2.06. The number of rotatable bonds is 3. The fraction of sp³-hybridized carbons (Fsp3) is 0.0833. The highest BCUT2D eigenvalue weighted by atomic mass is 16.1. The van der Waals surface area contributed by atoms with Crippen molar-refractivity contribution in [2.24, 2.45) is 0 Å². The number of carbonyl (C=O) groups is 1. The molecule has 0 aliphatic rings. The van der Waals surface area contributed by atoms with E-state index in [2.05, 4.69) is 9.97 Å². The van der Waals surface area contributed by atoms with Crippen molar-refractivity contribution >= 4 is 17.9 Å². The minimum absolute atomic E-state index is 0.568. The van der Waals surface area contributed by atoms with Gasteiger partial charge in [0.1, 0.15) is 11.6 Å². The smallest absolute Gasteiger partial charge is 0.151 e. The summed E-state index contributed by atoms with van der Waals surface area (Å²) in [6.45, 7) is 0. The molecule has 2 heterocycles. The molecular formula is C12H11N3O. The summed E-state index contributed by atoms with van der Waals surface area (Å²) in [5.41, 5.74) is 0.568. The average Bonchev–Trinajstić information content (AvgIpc) is 2.39. The van der Waals surface area contributed by atoms with Gasteiger partial charge in [-0.05, 0) is 24.3 Å².